The van der Waals surface area contributed by atoms with Gasteiger partial charge in [0.15, 0.2) is 5.16 Å². The van der Waals surface area contributed by atoms with Gasteiger partial charge in [-0.3, -0.25) is 14.2 Å². The summed E-state index contributed by atoms with van der Waals surface area (Å²) in [4.78, 5) is 31.6. The molecule has 0 bridgehead atoms. The monoisotopic (exact) mass is 413 g/mol. The predicted molar refractivity (Wildman–Crippen MR) is 115 cm³/mol. The number of amides is 1. The van der Waals surface area contributed by atoms with Gasteiger partial charge in [-0.1, -0.05) is 55.4 Å². The zero-order valence-corrected chi connectivity index (χ0v) is 17.4. The summed E-state index contributed by atoms with van der Waals surface area (Å²) in [6, 6.07) is 13.7. The number of thioether (sulfide) groups is 1. The topological polar surface area (TPSA) is 55.2 Å². The summed E-state index contributed by atoms with van der Waals surface area (Å²) in [7, 11) is 1.65. The second-order valence-electron chi connectivity index (χ2n) is 6.85. The summed E-state index contributed by atoms with van der Waals surface area (Å²) >= 11 is 1.24. The number of carbonyl (C=O) groups is 1. The molecule has 0 aliphatic heterocycles. The van der Waals surface area contributed by atoms with Crippen molar-refractivity contribution in [3.63, 3.8) is 0 Å². The molecule has 0 aliphatic rings. The first kappa shape index (κ1) is 21.0. The summed E-state index contributed by atoms with van der Waals surface area (Å²) in [5.74, 6) is -0.353. The standard InChI is InChI=1S/C22H24FN3O2S/c1-3-4-13-26-21(28)17-10-6-8-12-19(17)24-22(26)29-15-20(27)25(2)14-16-9-5-7-11-18(16)23/h5-12H,3-4,13-15H2,1-2H3. The predicted octanol–water partition coefficient (Wildman–Crippen LogP) is 4.09. The van der Waals surface area contributed by atoms with Crippen molar-refractivity contribution in [2.75, 3.05) is 12.8 Å². The first-order valence-corrected chi connectivity index (χ1v) is 10.6. The molecule has 0 atom stereocenters. The molecule has 29 heavy (non-hydrogen) atoms. The Bertz CT molecular complexity index is 1070. The molecule has 0 N–H and O–H groups in total. The maximum atomic E-state index is 13.8. The lowest BCUT2D eigenvalue weighted by Gasteiger charge is -2.18. The van der Waals surface area contributed by atoms with Crippen LogP contribution in [0.5, 0.6) is 0 Å². The first-order valence-electron chi connectivity index (χ1n) is 9.61. The molecule has 1 amide bonds. The van der Waals surface area contributed by atoms with Crippen LogP contribution < -0.4 is 5.56 Å². The largest absolute Gasteiger partial charge is 0.341 e. The maximum absolute atomic E-state index is 13.8. The van der Waals surface area contributed by atoms with Crippen molar-refractivity contribution in [1.82, 2.24) is 14.5 Å². The zero-order valence-electron chi connectivity index (χ0n) is 16.6. The molecule has 152 valence electrons. The molecule has 3 aromatic rings. The van der Waals surface area contributed by atoms with E-state index in [4.69, 9.17) is 0 Å². The average molecular weight is 414 g/mol. The molecular formula is C22H24FN3O2S. The van der Waals surface area contributed by atoms with Crippen molar-refractivity contribution in [1.29, 1.82) is 0 Å². The molecule has 0 saturated carbocycles. The van der Waals surface area contributed by atoms with E-state index in [0.29, 0.717) is 28.2 Å². The number of halogens is 1. The van der Waals surface area contributed by atoms with Gasteiger partial charge >= 0.3 is 0 Å². The number of hydrogen-bond acceptors (Lipinski definition) is 4. The van der Waals surface area contributed by atoms with E-state index in [0.717, 1.165) is 12.8 Å². The molecule has 7 heteroatoms. The Morgan fingerprint density at radius 1 is 1.17 bits per heavy atom. The van der Waals surface area contributed by atoms with Crippen LogP contribution >= 0.6 is 11.8 Å². The second-order valence-corrected chi connectivity index (χ2v) is 7.79. The zero-order chi connectivity index (χ0) is 20.8. The Hall–Kier alpha value is -2.67. The van der Waals surface area contributed by atoms with E-state index >= 15 is 0 Å². The van der Waals surface area contributed by atoms with Crippen LogP contribution in [0, 0.1) is 5.82 Å². The van der Waals surface area contributed by atoms with Gasteiger partial charge in [0, 0.05) is 25.7 Å². The number of nitrogens with zero attached hydrogens (tertiary/aromatic N) is 3. The molecule has 0 saturated heterocycles. The summed E-state index contributed by atoms with van der Waals surface area (Å²) in [5, 5.41) is 1.12. The van der Waals surface area contributed by atoms with Crippen LogP contribution in [-0.2, 0) is 17.9 Å². The number of hydrogen-bond donors (Lipinski definition) is 0. The van der Waals surface area contributed by atoms with Crippen molar-refractivity contribution >= 4 is 28.6 Å². The molecule has 1 aromatic heterocycles. The van der Waals surface area contributed by atoms with Gasteiger partial charge in [0.25, 0.3) is 5.56 Å². The van der Waals surface area contributed by atoms with E-state index in [-0.39, 0.29) is 29.6 Å². The molecule has 2 aromatic carbocycles. The fourth-order valence-electron chi connectivity index (χ4n) is 2.98. The van der Waals surface area contributed by atoms with Crippen molar-refractivity contribution < 1.29 is 9.18 Å². The number of para-hydroxylation sites is 1. The summed E-state index contributed by atoms with van der Waals surface area (Å²) in [5.41, 5.74) is 1.01. The molecule has 0 fully saturated rings. The van der Waals surface area contributed by atoms with Crippen molar-refractivity contribution in [3.8, 4) is 0 Å². The van der Waals surface area contributed by atoms with Crippen molar-refractivity contribution in [3.05, 3.63) is 70.3 Å². The van der Waals surface area contributed by atoms with Gasteiger partial charge in [-0.2, -0.15) is 0 Å². The lowest BCUT2D eigenvalue weighted by Crippen LogP contribution is -2.29. The van der Waals surface area contributed by atoms with Gasteiger partial charge in [0.1, 0.15) is 5.82 Å². The van der Waals surface area contributed by atoms with Crippen LogP contribution in [-0.4, -0.2) is 33.2 Å². The molecule has 3 rings (SSSR count). The van der Waals surface area contributed by atoms with E-state index < -0.39 is 0 Å². The third-order valence-electron chi connectivity index (χ3n) is 4.68. The van der Waals surface area contributed by atoms with Crippen LogP contribution in [0.2, 0.25) is 0 Å². The fourth-order valence-corrected chi connectivity index (χ4v) is 3.94. The number of fused-ring (bicyclic) bond motifs is 1. The maximum Gasteiger partial charge on any atom is 0.262 e. The molecule has 0 aliphatic carbocycles. The minimum Gasteiger partial charge on any atom is -0.341 e. The van der Waals surface area contributed by atoms with Crippen LogP contribution in [0.15, 0.2) is 58.5 Å². The van der Waals surface area contributed by atoms with E-state index in [9.17, 15) is 14.0 Å². The number of aromatic nitrogens is 2. The highest BCUT2D eigenvalue weighted by atomic mass is 32.2. The van der Waals surface area contributed by atoms with E-state index in [1.54, 1.807) is 41.9 Å². The molecule has 1 heterocycles. The highest BCUT2D eigenvalue weighted by molar-refractivity contribution is 7.99. The van der Waals surface area contributed by atoms with Crippen LogP contribution in [0.25, 0.3) is 10.9 Å². The highest BCUT2D eigenvalue weighted by Gasteiger charge is 2.16. The molecule has 0 spiro atoms. The Kier molecular flexibility index (Phi) is 7.04. The average Bonchev–Trinajstić information content (AvgIpc) is 2.73. The van der Waals surface area contributed by atoms with Crippen LogP contribution in [0.1, 0.15) is 25.3 Å². The number of benzene rings is 2. The van der Waals surface area contributed by atoms with Gasteiger partial charge in [0.2, 0.25) is 5.91 Å². The summed E-state index contributed by atoms with van der Waals surface area (Å²) < 4.78 is 15.5. The number of unbranched alkanes of at least 4 members (excludes halogenated alkanes) is 1. The summed E-state index contributed by atoms with van der Waals surface area (Å²) in [6.07, 6.45) is 1.81. The van der Waals surface area contributed by atoms with Gasteiger partial charge in [-0.15, -0.1) is 0 Å². The van der Waals surface area contributed by atoms with Gasteiger partial charge in [-0.05, 0) is 24.6 Å². The van der Waals surface area contributed by atoms with E-state index in [1.807, 2.05) is 12.1 Å². The molecule has 0 unspecified atom stereocenters. The third-order valence-corrected chi connectivity index (χ3v) is 5.64. The SMILES string of the molecule is CCCCn1c(SCC(=O)N(C)Cc2ccccc2F)nc2ccccc2c1=O. The Balaban J connectivity index is 1.77. The lowest BCUT2D eigenvalue weighted by molar-refractivity contribution is -0.127. The quantitative estimate of drug-likeness (QED) is 0.412. The minimum atomic E-state index is -0.329. The van der Waals surface area contributed by atoms with Gasteiger partial charge in [0.05, 0.1) is 16.7 Å². The molecule has 0 radical (unpaired) electrons. The second kappa shape index (κ2) is 9.69. The Labute approximate surface area is 173 Å². The van der Waals surface area contributed by atoms with Crippen molar-refractivity contribution in [2.24, 2.45) is 0 Å². The number of carbonyl (C=O) groups excluding carboxylic acids is 1. The minimum absolute atomic E-state index is 0.0845. The van der Waals surface area contributed by atoms with E-state index in [1.165, 1.54) is 22.7 Å². The van der Waals surface area contributed by atoms with Crippen molar-refractivity contribution in [2.45, 2.75) is 38.0 Å². The van der Waals surface area contributed by atoms with Crippen LogP contribution in [0.4, 0.5) is 4.39 Å². The van der Waals surface area contributed by atoms with E-state index in [2.05, 4.69) is 11.9 Å². The fraction of sp³-hybridized carbons (Fsp3) is 0.318. The highest BCUT2D eigenvalue weighted by Crippen LogP contribution is 2.19. The first-order chi connectivity index (χ1) is 14.0. The van der Waals surface area contributed by atoms with Gasteiger partial charge in [-0.25, -0.2) is 9.37 Å². The molecular weight excluding hydrogens is 389 g/mol. The lowest BCUT2D eigenvalue weighted by atomic mass is 10.2. The third kappa shape index (κ3) is 5.03. The van der Waals surface area contributed by atoms with Crippen LogP contribution in [0.3, 0.4) is 0 Å². The number of rotatable bonds is 8. The molecule has 5 nitrogen and oxygen atoms in total. The Morgan fingerprint density at radius 3 is 2.66 bits per heavy atom. The summed E-state index contributed by atoms with van der Waals surface area (Å²) in [6.45, 7) is 2.82. The van der Waals surface area contributed by atoms with Gasteiger partial charge < -0.3 is 4.90 Å². The Morgan fingerprint density at radius 2 is 1.90 bits per heavy atom. The normalized spacial score (nSPS) is 11.0. The smallest absolute Gasteiger partial charge is 0.262 e.